The van der Waals surface area contributed by atoms with E-state index in [0.29, 0.717) is 31.6 Å². The molecule has 17 nitrogen and oxygen atoms in total. The van der Waals surface area contributed by atoms with Gasteiger partial charge in [-0.25, -0.2) is 9.13 Å². The van der Waals surface area contributed by atoms with Gasteiger partial charge in [0.05, 0.1) is 26.4 Å². The molecule has 516 valence electrons. The van der Waals surface area contributed by atoms with Crippen LogP contribution in [0, 0.1) is 23.7 Å². The van der Waals surface area contributed by atoms with Crippen molar-refractivity contribution in [1.82, 2.24) is 0 Å². The van der Waals surface area contributed by atoms with Gasteiger partial charge in [-0.15, -0.1) is 0 Å². The number of esters is 4. The minimum Gasteiger partial charge on any atom is -0.462 e. The zero-order valence-corrected chi connectivity index (χ0v) is 58.4. The van der Waals surface area contributed by atoms with Gasteiger partial charge >= 0.3 is 39.5 Å². The average Bonchev–Trinajstić information content (AvgIpc) is 3.64. The molecule has 6 atom stereocenters. The van der Waals surface area contributed by atoms with Crippen LogP contribution in [0.5, 0.6) is 0 Å². The summed E-state index contributed by atoms with van der Waals surface area (Å²) in [4.78, 5) is 72.4. The highest BCUT2D eigenvalue weighted by atomic mass is 31.2. The Bertz CT molecular complexity index is 1730. The van der Waals surface area contributed by atoms with E-state index in [1.165, 1.54) is 128 Å². The number of phosphoric ester groups is 2. The Morgan fingerprint density at radius 2 is 0.552 bits per heavy atom. The summed E-state index contributed by atoms with van der Waals surface area (Å²) in [6, 6.07) is 0. The molecule has 0 aliphatic carbocycles. The molecule has 3 N–H and O–H groups in total. The van der Waals surface area contributed by atoms with Gasteiger partial charge in [0, 0.05) is 25.7 Å². The van der Waals surface area contributed by atoms with E-state index in [4.69, 9.17) is 37.0 Å². The number of phosphoric acid groups is 2. The Kier molecular flexibility index (Phi) is 56.6. The lowest BCUT2D eigenvalue weighted by molar-refractivity contribution is -0.161. The van der Waals surface area contributed by atoms with Crippen molar-refractivity contribution in [3.63, 3.8) is 0 Å². The number of ether oxygens (including phenoxy) is 4. The van der Waals surface area contributed by atoms with Crippen LogP contribution in [0.15, 0.2) is 0 Å². The largest absolute Gasteiger partial charge is 0.472 e. The number of unbranched alkanes of at least 4 members (excludes halogenated alkanes) is 30. The third-order valence-electron chi connectivity index (χ3n) is 15.9. The third kappa shape index (κ3) is 61.3. The molecular formula is C68H132O17P2. The van der Waals surface area contributed by atoms with Gasteiger partial charge < -0.3 is 33.8 Å². The SMILES string of the molecule is CCC(C)CCCCCCCCC(=O)O[C@H](COC(=O)CCCCCCCCC(C)C)COP(=O)(O)OC[C@H](O)COP(=O)(O)OC[C@@H](COC(=O)CCCCCCCCCCCCCC(C)C)OC(=O)CCCCCCCCCCCCCC(C)C. The number of hydrogen-bond donors (Lipinski definition) is 3. The first-order chi connectivity index (χ1) is 41.6. The quantitative estimate of drug-likeness (QED) is 0.0222. The summed E-state index contributed by atoms with van der Waals surface area (Å²) in [5.41, 5.74) is 0. The van der Waals surface area contributed by atoms with Gasteiger partial charge in [0.25, 0.3) is 0 Å². The second-order valence-corrected chi connectivity index (χ2v) is 29.1. The van der Waals surface area contributed by atoms with Crippen LogP contribution in [-0.4, -0.2) is 96.7 Å². The summed E-state index contributed by atoms with van der Waals surface area (Å²) in [5.74, 6) is 0.800. The Morgan fingerprint density at radius 3 is 0.816 bits per heavy atom. The van der Waals surface area contributed by atoms with Gasteiger partial charge in [0.1, 0.15) is 19.3 Å². The lowest BCUT2D eigenvalue weighted by atomic mass is 10.00. The number of aliphatic hydroxyl groups is 1. The summed E-state index contributed by atoms with van der Waals surface area (Å²) >= 11 is 0. The molecule has 19 heteroatoms. The fraction of sp³-hybridized carbons (Fsp3) is 0.941. The zero-order chi connectivity index (χ0) is 64.7. The Morgan fingerprint density at radius 1 is 0.322 bits per heavy atom. The van der Waals surface area contributed by atoms with E-state index in [1.807, 2.05) is 0 Å². The molecule has 0 saturated heterocycles. The van der Waals surface area contributed by atoms with Crippen molar-refractivity contribution < 1.29 is 80.2 Å². The number of rotatable bonds is 65. The van der Waals surface area contributed by atoms with Gasteiger partial charge in [-0.3, -0.25) is 37.3 Å². The molecule has 0 fully saturated rings. The first kappa shape index (κ1) is 85.1. The van der Waals surface area contributed by atoms with Crippen molar-refractivity contribution in [2.24, 2.45) is 23.7 Å². The van der Waals surface area contributed by atoms with Crippen LogP contribution >= 0.6 is 15.6 Å². The van der Waals surface area contributed by atoms with Crippen molar-refractivity contribution in [2.75, 3.05) is 39.6 Å². The van der Waals surface area contributed by atoms with Crippen LogP contribution in [0.2, 0.25) is 0 Å². The number of carbonyl (C=O) groups is 4. The molecule has 0 amide bonds. The van der Waals surface area contributed by atoms with Gasteiger partial charge in [0.2, 0.25) is 0 Å². The molecule has 0 saturated carbocycles. The highest BCUT2D eigenvalue weighted by molar-refractivity contribution is 7.47. The van der Waals surface area contributed by atoms with Crippen molar-refractivity contribution in [2.45, 2.75) is 350 Å². The first-order valence-electron chi connectivity index (χ1n) is 35.2. The van der Waals surface area contributed by atoms with E-state index in [9.17, 15) is 43.2 Å². The van der Waals surface area contributed by atoms with Crippen LogP contribution in [0.1, 0.15) is 331 Å². The molecule has 0 aromatic heterocycles. The highest BCUT2D eigenvalue weighted by Gasteiger charge is 2.30. The van der Waals surface area contributed by atoms with Crippen LogP contribution in [0.25, 0.3) is 0 Å². The normalized spacial score (nSPS) is 14.6. The van der Waals surface area contributed by atoms with Gasteiger partial charge in [-0.05, 0) is 49.4 Å². The number of hydrogen-bond acceptors (Lipinski definition) is 15. The maximum atomic E-state index is 13.0. The molecule has 0 aromatic carbocycles. The van der Waals surface area contributed by atoms with Crippen molar-refractivity contribution in [1.29, 1.82) is 0 Å². The minimum absolute atomic E-state index is 0.101. The van der Waals surface area contributed by atoms with Crippen LogP contribution in [0.4, 0.5) is 0 Å². The van der Waals surface area contributed by atoms with E-state index in [2.05, 4.69) is 55.4 Å². The lowest BCUT2D eigenvalue weighted by Gasteiger charge is -2.21. The van der Waals surface area contributed by atoms with Gasteiger partial charge in [-0.1, -0.05) is 280 Å². The second kappa shape index (κ2) is 57.9. The molecule has 0 heterocycles. The van der Waals surface area contributed by atoms with Crippen LogP contribution in [-0.2, 0) is 65.4 Å². The Hall–Kier alpha value is -1.94. The average molecular weight is 1280 g/mol. The topological polar surface area (TPSA) is 237 Å². The monoisotopic (exact) mass is 1280 g/mol. The Balaban J connectivity index is 5.25. The molecule has 0 aliphatic heterocycles. The molecule has 0 aromatic rings. The van der Waals surface area contributed by atoms with Crippen LogP contribution in [0.3, 0.4) is 0 Å². The van der Waals surface area contributed by atoms with E-state index in [-0.39, 0.29) is 25.7 Å². The maximum Gasteiger partial charge on any atom is 0.472 e. The molecular weight excluding hydrogens is 1150 g/mol. The summed E-state index contributed by atoms with van der Waals surface area (Å²) in [6.45, 7) is 14.0. The molecule has 0 radical (unpaired) electrons. The fourth-order valence-electron chi connectivity index (χ4n) is 10.1. The molecule has 0 aliphatic rings. The van der Waals surface area contributed by atoms with Crippen molar-refractivity contribution >= 4 is 39.5 Å². The standard InChI is InChI=1S/C68H132O17P2/c1-9-61(8)47-39-31-25-27-35-43-51-68(73)85-64(55-79-66(71)49-41-33-26-24-30-38-46-60(6)7)57-83-87(76,77)81-53-62(69)52-80-86(74,75)82-56-63(84-67(72)50-42-34-23-19-15-11-13-17-21-29-37-45-59(4)5)54-78-65(70)48-40-32-22-18-14-10-12-16-20-28-36-44-58(2)3/h58-64,69H,9-57H2,1-8H3,(H,74,75)(H,76,77)/t61?,62-,63-,64-/m1/s1. The fourth-order valence-corrected chi connectivity index (χ4v) is 11.7. The lowest BCUT2D eigenvalue weighted by Crippen LogP contribution is -2.30. The predicted molar refractivity (Wildman–Crippen MR) is 349 cm³/mol. The predicted octanol–water partition coefficient (Wildman–Crippen LogP) is 18.9. The minimum atomic E-state index is -4.95. The highest BCUT2D eigenvalue weighted by Crippen LogP contribution is 2.45. The van der Waals surface area contributed by atoms with Gasteiger partial charge in [0.15, 0.2) is 12.2 Å². The summed E-state index contributed by atoms with van der Waals surface area (Å²) in [7, 11) is -9.90. The van der Waals surface area contributed by atoms with Crippen LogP contribution < -0.4 is 0 Å². The van der Waals surface area contributed by atoms with E-state index in [1.54, 1.807) is 0 Å². The molecule has 87 heavy (non-hydrogen) atoms. The summed E-state index contributed by atoms with van der Waals surface area (Å²) in [5, 5.41) is 10.6. The van der Waals surface area contributed by atoms with E-state index >= 15 is 0 Å². The smallest absolute Gasteiger partial charge is 0.462 e. The molecule has 0 spiro atoms. The summed E-state index contributed by atoms with van der Waals surface area (Å²) < 4.78 is 68.1. The zero-order valence-electron chi connectivity index (χ0n) is 56.6. The van der Waals surface area contributed by atoms with Crippen molar-refractivity contribution in [3.8, 4) is 0 Å². The first-order valence-corrected chi connectivity index (χ1v) is 38.2. The maximum absolute atomic E-state index is 13.0. The van der Waals surface area contributed by atoms with E-state index in [0.717, 1.165) is 114 Å². The van der Waals surface area contributed by atoms with Gasteiger partial charge in [-0.2, -0.15) is 0 Å². The third-order valence-corrected chi connectivity index (χ3v) is 17.8. The Labute approximate surface area is 530 Å². The number of aliphatic hydroxyl groups excluding tert-OH is 1. The van der Waals surface area contributed by atoms with Crippen molar-refractivity contribution in [3.05, 3.63) is 0 Å². The van der Waals surface area contributed by atoms with E-state index < -0.39 is 97.5 Å². The molecule has 0 bridgehead atoms. The summed E-state index contributed by atoms with van der Waals surface area (Å²) in [6.07, 6.45) is 39.1. The molecule has 0 rings (SSSR count). The number of carbonyl (C=O) groups excluding carboxylic acids is 4. The second-order valence-electron chi connectivity index (χ2n) is 26.2. The molecule has 3 unspecified atom stereocenters.